The monoisotopic (exact) mass is 235 g/mol. The zero-order valence-corrected chi connectivity index (χ0v) is 10.1. The van der Waals surface area contributed by atoms with Crippen LogP contribution in [0.25, 0.3) is 11.1 Å². The largest absolute Gasteiger partial charge is 0.323 e. The summed E-state index contributed by atoms with van der Waals surface area (Å²) < 4.78 is 0. The Hall–Kier alpha value is -1.45. The number of aromatic nitrogens is 2. The molecule has 0 saturated carbocycles. The number of hydrogen-bond acceptors (Lipinski definition) is 3. The van der Waals surface area contributed by atoms with Crippen molar-refractivity contribution in [3.63, 3.8) is 0 Å². The summed E-state index contributed by atoms with van der Waals surface area (Å²) in [6.45, 7) is 0. The molecule has 0 unspecified atom stereocenters. The van der Waals surface area contributed by atoms with Gasteiger partial charge in [-0.25, -0.2) is 9.97 Å². The number of rotatable bonds is 1. The van der Waals surface area contributed by atoms with Crippen molar-refractivity contribution >= 4 is 11.6 Å². The van der Waals surface area contributed by atoms with Crippen LogP contribution >= 0.6 is 11.6 Å². The van der Waals surface area contributed by atoms with Gasteiger partial charge in [-0.05, 0) is 31.3 Å². The molecule has 1 aromatic heterocycles. The number of nitrogens with zero attached hydrogens (tertiary/aromatic N) is 2. The molecule has 1 heterocycles. The highest BCUT2D eigenvalue weighted by Gasteiger charge is 1.96. The van der Waals surface area contributed by atoms with E-state index in [1.165, 1.54) is 0 Å². The molecule has 4 heteroatoms. The Morgan fingerprint density at radius 2 is 1.44 bits per heavy atom. The Bertz CT molecular complexity index is 400. The van der Waals surface area contributed by atoms with E-state index in [4.69, 9.17) is 11.6 Å². The van der Waals surface area contributed by atoms with Crippen molar-refractivity contribution in [3.05, 3.63) is 48.0 Å². The van der Waals surface area contributed by atoms with Gasteiger partial charge >= 0.3 is 0 Å². The van der Waals surface area contributed by atoms with E-state index >= 15 is 0 Å². The average Bonchev–Trinajstić information content (AvgIpc) is 2.32. The molecule has 0 aliphatic carbocycles. The predicted molar refractivity (Wildman–Crippen MR) is 67.5 cm³/mol. The summed E-state index contributed by atoms with van der Waals surface area (Å²) in [5.41, 5.74) is 2.07. The third-order valence-corrected chi connectivity index (χ3v) is 1.92. The first kappa shape index (κ1) is 12.6. The lowest BCUT2D eigenvalue weighted by atomic mass is 10.1. The van der Waals surface area contributed by atoms with E-state index in [0.29, 0.717) is 0 Å². The van der Waals surface area contributed by atoms with Crippen molar-refractivity contribution in [2.24, 2.45) is 0 Å². The summed E-state index contributed by atoms with van der Waals surface area (Å²) in [7, 11) is 3.75. The lowest BCUT2D eigenvalue weighted by molar-refractivity contribution is 1.02. The Kier molecular flexibility index (Phi) is 5.46. The second-order valence-corrected chi connectivity index (χ2v) is 3.44. The van der Waals surface area contributed by atoms with Crippen molar-refractivity contribution in [2.45, 2.75) is 0 Å². The van der Waals surface area contributed by atoms with Crippen molar-refractivity contribution in [1.29, 1.82) is 0 Å². The molecule has 0 bridgehead atoms. The van der Waals surface area contributed by atoms with Crippen LogP contribution in [0, 0.1) is 0 Å². The minimum atomic E-state index is 0.277. The van der Waals surface area contributed by atoms with E-state index < -0.39 is 0 Å². The molecule has 0 radical (unpaired) electrons. The maximum Gasteiger partial charge on any atom is 0.222 e. The van der Waals surface area contributed by atoms with Crippen molar-refractivity contribution in [1.82, 2.24) is 15.3 Å². The van der Waals surface area contributed by atoms with Gasteiger partial charge in [0.15, 0.2) is 0 Å². The van der Waals surface area contributed by atoms with Crippen LogP contribution in [0.3, 0.4) is 0 Å². The molecule has 0 spiro atoms. The summed E-state index contributed by atoms with van der Waals surface area (Å²) in [5, 5.41) is 3.03. The second kappa shape index (κ2) is 6.93. The molecule has 0 fully saturated rings. The first-order chi connectivity index (χ1) is 7.77. The van der Waals surface area contributed by atoms with Crippen LogP contribution < -0.4 is 5.32 Å². The fraction of sp³-hybridized carbons (Fsp3) is 0.167. The van der Waals surface area contributed by atoms with E-state index in [-0.39, 0.29) is 5.28 Å². The van der Waals surface area contributed by atoms with E-state index in [9.17, 15) is 0 Å². The van der Waals surface area contributed by atoms with E-state index in [0.717, 1.165) is 11.1 Å². The van der Waals surface area contributed by atoms with Crippen LogP contribution in [0.15, 0.2) is 42.7 Å². The number of halogens is 1. The van der Waals surface area contributed by atoms with Crippen molar-refractivity contribution in [2.75, 3.05) is 14.1 Å². The topological polar surface area (TPSA) is 37.8 Å². The normalized spacial score (nSPS) is 9.19. The van der Waals surface area contributed by atoms with Crippen LogP contribution in [0.2, 0.25) is 5.28 Å². The van der Waals surface area contributed by atoms with Gasteiger partial charge in [-0.3, -0.25) is 0 Å². The van der Waals surface area contributed by atoms with Gasteiger partial charge in [0.05, 0.1) is 0 Å². The summed E-state index contributed by atoms with van der Waals surface area (Å²) in [6, 6.07) is 9.94. The summed E-state index contributed by atoms with van der Waals surface area (Å²) in [6.07, 6.45) is 3.43. The maximum absolute atomic E-state index is 5.58. The summed E-state index contributed by atoms with van der Waals surface area (Å²) in [4.78, 5) is 7.82. The van der Waals surface area contributed by atoms with Gasteiger partial charge in [0.1, 0.15) is 0 Å². The summed E-state index contributed by atoms with van der Waals surface area (Å²) >= 11 is 5.58. The zero-order valence-electron chi connectivity index (χ0n) is 9.31. The van der Waals surface area contributed by atoms with Crippen LogP contribution in [0.1, 0.15) is 0 Å². The number of benzene rings is 1. The molecule has 16 heavy (non-hydrogen) atoms. The molecule has 1 N–H and O–H groups in total. The van der Waals surface area contributed by atoms with Crippen LogP contribution in [-0.4, -0.2) is 24.1 Å². The Morgan fingerprint density at radius 1 is 0.938 bits per heavy atom. The van der Waals surface area contributed by atoms with Crippen LogP contribution in [0.5, 0.6) is 0 Å². The predicted octanol–water partition coefficient (Wildman–Crippen LogP) is 2.63. The Labute approximate surface area is 101 Å². The Balaban J connectivity index is 0.000000386. The SMILES string of the molecule is CNC.Clc1ncc(-c2ccccc2)cn1. The lowest BCUT2D eigenvalue weighted by Crippen LogP contribution is -1.89. The molecule has 84 valence electrons. The molecule has 0 aliphatic rings. The van der Waals surface area contributed by atoms with E-state index in [1.807, 2.05) is 44.4 Å². The molecule has 3 nitrogen and oxygen atoms in total. The molecule has 0 aliphatic heterocycles. The molecule has 0 atom stereocenters. The van der Waals surface area contributed by atoms with Gasteiger partial charge in [-0.1, -0.05) is 30.3 Å². The second-order valence-electron chi connectivity index (χ2n) is 3.11. The van der Waals surface area contributed by atoms with Gasteiger partial charge in [0, 0.05) is 18.0 Å². The smallest absolute Gasteiger partial charge is 0.222 e. The van der Waals surface area contributed by atoms with E-state index in [2.05, 4.69) is 15.3 Å². The molecule has 2 rings (SSSR count). The van der Waals surface area contributed by atoms with E-state index in [1.54, 1.807) is 12.4 Å². The standard InChI is InChI=1S/C10H7ClN2.C2H7N/c11-10-12-6-9(7-13-10)8-4-2-1-3-5-8;1-3-2/h1-7H;3H,1-2H3. The van der Waals surface area contributed by atoms with Gasteiger partial charge in [0.25, 0.3) is 0 Å². The van der Waals surface area contributed by atoms with Gasteiger partial charge < -0.3 is 5.32 Å². The molecular weight excluding hydrogens is 222 g/mol. The molecule has 0 saturated heterocycles. The van der Waals surface area contributed by atoms with Gasteiger partial charge in [-0.2, -0.15) is 0 Å². The average molecular weight is 236 g/mol. The quantitative estimate of drug-likeness (QED) is 0.773. The number of hydrogen-bond donors (Lipinski definition) is 1. The molecule has 2 aromatic rings. The first-order valence-corrected chi connectivity index (χ1v) is 5.27. The van der Waals surface area contributed by atoms with Crippen LogP contribution in [0.4, 0.5) is 0 Å². The highest BCUT2D eigenvalue weighted by atomic mass is 35.5. The fourth-order valence-electron chi connectivity index (χ4n) is 1.09. The Morgan fingerprint density at radius 3 is 1.94 bits per heavy atom. The molecule has 0 amide bonds. The van der Waals surface area contributed by atoms with Crippen molar-refractivity contribution < 1.29 is 0 Å². The van der Waals surface area contributed by atoms with Crippen molar-refractivity contribution in [3.8, 4) is 11.1 Å². The maximum atomic E-state index is 5.58. The fourth-order valence-corrected chi connectivity index (χ4v) is 1.19. The third kappa shape index (κ3) is 3.96. The highest BCUT2D eigenvalue weighted by Crippen LogP contribution is 2.16. The molecular formula is C12H14ClN3. The number of nitrogens with one attached hydrogen (secondary N) is 1. The first-order valence-electron chi connectivity index (χ1n) is 4.89. The highest BCUT2D eigenvalue weighted by molar-refractivity contribution is 6.28. The van der Waals surface area contributed by atoms with Gasteiger partial charge in [0.2, 0.25) is 5.28 Å². The van der Waals surface area contributed by atoms with Gasteiger partial charge in [-0.15, -0.1) is 0 Å². The minimum absolute atomic E-state index is 0.277. The summed E-state index contributed by atoms with van der Waals surface area (Å²) in [5.74, 6) is 0. The molecule has 1 aromatic carbocycles. The minimum Gasteiger partial charge on any atom is -0.323 e. The van der Waals surface area contributed by atoms with Crippen LogP contribution in [-0.2, 0) is 0 Å². The lowest BCUT2D eigenvalue weighted by Gasteiger charge is -1.98. The zero-order chi connectivity index (χ0) is 11.8. The third-order valence-electron chi connectivity index (χ3n) is 1.73.